The minimum Gasteiger partial charge on any atom is -0.507 e. The Kier molecular flexibility index (Phi) is 4.09. The van der Waals surface area contributed by atoms with Gasteiger partial charge in [-0.15, -0.1) is 0 Å². The van der Waals surface area contributed by atoms with Crippen LogP contribution in [0.15, 0.2) is 23.1 Å². The van der Waals surface area contributed by atoms with E-state index in [2.05, 4.69) is 0 Å². The fraction of sp³-hybridized carbons (Fsp3) is 0.417. The van der Waals surface area contributed by atoms with Gasteiger partial charge in [0.1, 0.15) is 16.7 Å². The molecule has 0 amide bonds. The maximum absolute atomic E-state index is 12.7. The van der Waals surface area contributed by atoms with Crippen LogP contribution in [-0.2, 0) is 21.0 Å². The number of hydrogen-bond acceptors (Lipinski definition) is 4. The minimum absolute atomic E-state index is 0.0638. The first kappa shape index (κ1) is 16.6. The number of halogens is 3. The standard InChI is InChI=1S/C12H12F3NO5S/c13-12(14,15)7-3-4-9(17)10(6-7)22(20,21)16-5-1-2-8(16)11(18)19/h3-4,6,8,17H,1-2,5H2,(H,18,19)/t8-/m0/s1. The van der Waals surface area contributed by atoms with Crippen LogP contribution in [-0.4, -0.2) is 41.5 Å². The van der Waals surface area contributed by atoms with Crippen molar-refractivity contribution in [2.45, 2.75) is 30.0 Å². The molecule has 0 unspecified atom stereocenters. The summed E-state index contributed by atoms with van der Waals surface area (Å²) in [7, 11) is -4.54. The number of aromatic hydroxyl groups is 1. The van der Waals surface area contributed by atoms with Crippen LogP contribution >= 0.6 is 0 Å². The molecule has 0 bridgehead atoms. The third-order valence-corrected chi connectivity index (χ3v) is 5.30. The highest BCUT2D eigenvalue weighted by Gasteiger charge is 2.41. The molecule has 0 radical (unpaired) electrons. The van der Waals surface area contributed by atoms with Gasteiger partial charge in [0.15, 0.2) is 0 Å². The molecular formula is C12H12F3NO5S. The van der Waals surface area contributed by atoms with Crippen LogP contribution in [0, 0.1) is 0 Å². The van der Waals surface area contributed by atoms with Gasteiger partial charge in [0.05, 0.1) is 5.56 Å². The van der Waals surface area contributed by atoms with Crippen molar-refractivity contribution < 1.29 is 36.6 Å². The molecule has 10 heteroatoms. The largest absolute Gasteiger partial charge is 0.507 e. The Morgan fingerprint density at radius 3 is 2.50 bits per heavy atom. The summed E-state index contributed by atoms with van der Waals surface area (Å²) < 4.78 is 63.4. The van der Waals surface area contributed by atoms with Gasteiger partial charge < -0.3 is 10.2 Å². The zero-order valence-corrected chi connectivity index (χ0v) is 11.9. The van der Waals surface area contributed by atoms with Crippen LogP contribution < -0.4 is 0 Å². The van der Waals surface area contributed by atoms with E-state index in [1.54, 1.807) is 0 Å². The van der Waals surface area contributed by atoms with Gasteiger partial charge in [0, 0.05) is 6.54 Å². The van der Waals surface area contributed by atoms with Crippen molar-refractivity contribution in [1.82, 2.24) is 4.31 Å². The minimum atomic E-state index is -4.78. The van der Waals surface area contributed by atoms with Gasteiger partial charge in [-0.1, -0.05) is 0 Å². The average molecular weight is 339 g/mol. The number of hydrogen-bond donors (Lipinski definition) is 2. The molecule has 0 saturated carbocycles. The molecule has 1 aliphatic rings. The lowest BCUT2D eigenvalue weighted by atomic mass is 10.2. The van der Waals surface area contributed by atoms with E-state index in [4.69, 9.17) is 5.11 Å². The zero-order valence-electron chi connectivity index (χ0n) is 11.0. The Bertz CT molecular complexity index is 701. The van der Waals surface area contributed by atoms with Crippen LogP contribution in [0.3, 0.4) is 0 Å². The molecule has 122 valence electrons. The number of carbonyl (C=O) groups is 1. The molecule has 1 aliphatic heterocycles. The van der Waals surface area contributed by atoms with Gasteiger partial charge in [-0.3, -0.25) is 4.79 Å². The summed E-state index contributed by atoms with van der Waals surface area (Å²) in [6.45, 7) is -0.130. The summed E-state index contributed by atoms with van der Waals surface area (Å²) in [5, 5.41) is 18.6. The van der Waals surface area contributed by atoms with E-state index in [-0.39, 0.29) is 19.4 Å². The van der Waals surface area contributed by atoms with Crippen molar-refractivity contribution in [2.75, 3.05) is 6.54 Å². The number of phenols is 1. The van der Waals surface area contributed by atoms with E-state index >= 15 is 0 Å². The van der Waals surface area contributed by atoms with Crippen molar-refractivity contribution in [3.8, 4) is 5.75 Å². The number of carboxylic acids is 1. The van der Waals surface area contributed by atoms with Crippen LogP contribution in [0.5, 0.6) is 5.75 Å². The SMILES string of the molecule is O=C(O)[C@@H]1CCCN1S(=O)(=O)c1cc(C(F)(F)F)ccc1O. The van der Waals surface area contributed by atoms with Crippen molar-refractivity contribution >= 4 is 16.0 Å². The van der Waals surface area contributed by atoms with E-state index in [0.717, 1.165) is 0 Å². The molecule has 2 rings (SSSR count). The summed E-state index contributed by atoms with van der Waals surface area (Å²) in [6.07, 6.45) is -4.45. The van der Waals surface area contributed by atoms with Crippen LogP contribution in [0.1, 0.15) is 18.4 Å². The molecule has 0 aliphatic carbocycles. The summed E-state index contributed by atoms with van der Waals surface area (Å²) in [5.74, 6) is -2.24. The molecule has 1 aromatic rings. The van der Waals surface area contributed by atoms with Gasteiger partial charge >= 0.3 is 12.1 Å². The second-order valence-electron chi connectivity index (χ2n) is 4.79. The van der Waals surface area contributed by atoms with Gasteiger partial charge in [0.25, 0.3) is 0 Å². The average Bonchev–Trinajstić information content (AvgIpc) is 2.87. The summed E-state index contributed by atoms with van der Waals surface area (Å²) in [5.41, 5.74) is -1.24. The van der Waals surface area contributed by atoms with Crippen molar-refractivity contribution in [2.24, 2.45) is 0 Å². The Morgan fingerprint density at radius 1 is 1.32 bits per heavy atom. The zero-order chi connectivity index (χ0) is 16.7. The fourth-order valence-corrected chi connectivity index (χ4v) is 4.06. The van der Waals surface area contributed by atoms with Crippen LogP contribution in [0.25, 0.3) is 0 Å². The van der Waals surface area contributed by atoms with E-state index in [9.17, 15) is 31.5 Å². The highest BCUT2D eigenvalue weighted by atomic mass is 32.2. The first-order chi connectivity index (χ1) is 10.0. The highest BCUT2D eigenvalue weighted by Crippen LogP contribution is 2.36. The summed E-state index contributed by atoms with van der Waals surface area (Å²) in [4.78, 5) is 10.1. The van der Waals surface area contributed by atoms with Crippen molar-refractivity contribution in [1.29, 1.82) is 0 Å². The monoisotopic (exact) mass is 339 g/mol. The lowest BCUT2D eigenvalue weighted by molar-refractivity contribution is -0.141. The maximum Gasteiger partial charge on any atom is 0.416 e. The number of benzene rings is 1. The number of sulfonamides is 1. The Hall–Kier alpha value is -1.81. The molecule has 2 N–H and O–H groups in total. The summed E-state index contributed by atoms with van der Waals surface area (Å²) >= 11 is 0. The highest BCUT2D eigenvalue weighted by molar-refractivity contribution is 7.89. The molecule has 1 atom stereocenters. The smallest absolute Gasteiger partial charge is 0.416 e. The van der Waals surface area contributed by atoms with Crippen LogP contribution in [0.2, 0.25) is 0 Å². The Morgan fingerprint density at radius 2 is 1.95 bits per heavy atom. The third-order valence-electron chi connectivity index (χ3n) is 3.36. The molecule has 6 nitrogen and oxygen atoms in total. The second kappa shape index (κ2) is 5.43. The lowest BCUT2D eigenvalue weighted by Crippen LogP contribution is -2.40. The van der Waals surface area contributed by atoms with Gasteiger partial charge in [-0.2, -0.15) is 17.5 Å². The van der Waals surface area contributed by atoms with E-state index < -0.39 is 44.4 Å². The normalized spacial score (nSPS) is 20.2. The molecule has 0 aromatic heterocycles. The van der Waals surface area contributed by atoms with Crippen molar-refractivity contribution in [3.05, 3.63) is 23.8 Å². The lowest BCUT2D eigenvalue weighted by Gasteiger charge is -2.22. The van der Waals surface area contributed by atoms with Gasteiger partial charge in [-0.25, -0.2) is 8.42 Å². The predicted octanol–water partition coefficient (Wildman–Crippen LogP) is 1.65. The van der Waals surface area contributed by atoms with E-state index in [1.807, 2.05) is 0 Å². The van der Waals surface area contributed by atoms with Gasteiger partial charge in [-0.05, 0) is 31.0 Å². The molecule has 1 fully saturated rings. The van der Waals surface area contributed by atoms with E-state index in [0.29, 0.717) is 22.5 Å². The second-order valence-corrected chi connectivity index (χ2v) is 6.65. The number of nitrogens with zero attached hydrogens (tertiary/aromatic N) is 1. The van der Waals surface area contributed by atoms with Crippen LogP contribution in [0.4, 0.5) is 13.2 Å². The third kappa shape index (κ3) is 2.88. The van der Waals surface area contributed by atoms with Gasteiger partial charge in [0.2, 0.25) is 10.0 Å². The summed E-state index contributed by atoms with van der Waals surface area (Å²) in [6, 6.07) is 0.134. The first-order valence-electron chi connectivity index (χ1n) is 6.20. The quantitative estimate of drug-likeness (QED) is 0.873. The first-order valence-corrected chi connectivity index (χ1v) is 7.64. The molecule has 1 saturated heterocycles. The molecule has 1 heterocycles. The Balaban J connectivity index is 2.52. The number of carboxylic acid groups (broad SMARTS) is 1. The maximum atomic E-state index is 12.7. The Labute approximate surface area is 123 Å². The molecule has 1 aromatic carbocycles. The topological polar surface area (TPSA) is 94.9 Å². The van der Waals surface area contributed by atoms with E-state index in [1.165, 1.54) is 0 Å². The molecule has 22 heavy (non-hydrogen) atoms. The number of alkyl halides is 3. The number of aliphatic carboxylic acids is 1. The fourth-order valence-electron chi connectivity index (χ4n) is 2.30. The number of phenolic OH excluding ortho intramolecular Hbond substituents is 1. The predicted molar refractivity (Wildman–Crippen MR) is 67.7 cm³/mol. The van der Waals surface area contributed by atoms with Crippen molar-refractivity contribution in [3.63, 3.8) is 0 Å². The molecule has 0 spiro atoms. The molecular weight excluding hydrogens is 327 g/mol. The number of rotatable bonds is 3.